The molecule has 0 saturated carbocycles. The van der Waals surface area contributed by atoms with Crippen LogP contribution in [0.1, 0.15) is 36.9 Å². The highest BCUT2D eigenvalue weighted by molar-refractivity contribution is 5.94. The van der Waals surface area contributed by atoms with Crippen LogP contribution in [0.2, 0.25) is 0 Å². The van der Waals surface area contributed by atoms with Crippen LogP contribution in [0.3, 0.4) is 0 Å². The van der Waals surface area contributed by atoms with Crippen molar-refractivity contribution in [1.82, 2.24) is 15.2 Å². The molecule has 0 aliphatic carbocycles. The first-order valence-corrected chi connectivity index (χ1v) is 6.96. The van der Waals surface area contributed by atoms with E-state index in [4.69, 9.17) is 10.3 Å². The van der Waals surface area contributed by atoms with Gasteiger partial charge in [-0.1, -0.05) is 0 Å². The summed E-state index contributed by atoms with van der Waals surface area (Å²) in [5, 5.41) is 0. The summed E-state index contributed by atoms with van der Waals surface area (Å²) in [5.74, 6) is 5.54. The lowest BCUT2D eigenvalue weighted by Gasteiger charge is -2.42. The minimum atomic E-state index is -0.304. The van der Waals surface area contributed by atoms with Crippen LogP contribution >= 0.6 is 0 Å². The van der Waals surface area contributed by atoms with E-state index in [-0.39, 0.29) is 11.4 Å². The predicted molar refractivity (Wildman–Crippen MR) is 77.0 cm³/mol. The maximum atomic E-state index is 11.6. The maximum Gasteiger partial charge on any atom is 0.268 e. The zero-order chi connectivity index (χ0) is 14.8. The minimum Gasteiger partial charge on any atom is -0.467 e. The third-order valence-electron chi connectivity index (χ3n) is 3.81. The number of furan rings is 1. The van der Waals surface area contributed by atoms with Crippen LogP contribution in [0.5, 0.6) is 0 Å². The van der Waals surface area contributed by atoms with Gasteiger partial charge in [0, 0.05) is 31.7 Å². The second-order valence-corrected chi connectivity index (χ2v) is 6.16. The molecule has 1 aliphatic rings. The molecule has 2 heterocycles. The molecule has 1 saturated heterocycles. The summed E-state index contributed by atoms with van der Waals surface area (Å²) in [6, 6.07) is 1.66. The van der Waals surface area contributed by atoms with Gasteiger partial charge in [0.05, 0.1) is 18.4 Å². The number of hydrogen-bond acceptors (Lipinski definition) is 5. The van der Waals surface area contributed by atoms with E-state index in [1.54, 1.807) is 6.07 Å². The Kier molecular flexibility index (Phi) is 4.47. The number of piperazine rings is 1. The molecule has 1 aliphatic heterocycles. The highest BCUT2D eigenvalue weighted by Gasteiger charge is 2.26. The molecule has 0 bridgehead atoms. The van der Waals surface area contributed by atoms with Crippen molar-refractivity contribution in [3.8, 4) is 0 Å². The van der Waals surface area contributed by atoms with Gasteiger partial charge in [0.15, 0.2) is 0 Å². The second-order valence-electron chi connectivity index (χ2n) is 6.16. The van der Waals surface area contributed by atoms with Gasteiger partial charge in [-0.2, -0.15) is 0 Å². The molecule has 3 N–H and O–H groups in total. The Balaban J connectivity index is 1.93. The van der Waals surface area contributed by atoms with Gasteiger partial charge < -0.3 is 4.42 Å². The highest BCUT2D eigenvalue weighted by atomic mass is 16.3. The summed E-state index contributed by atoms with van der Waals surface area (Å²) in [7, 11) is 0. The number of hydrazine groups is 1. The van der Waals surface area contributed by atoms with Crippen LogP contribution in [-0.4, -0.2) is 47.4 Å². The number of nitrogens with two attached hydrogens (primary N) is 1. The number of hydrogen-bond donors (Lipinski definition) is 2. The number of nitrogens with zero attached hydrogens (tertiary/aromatic N) is 2. The van der Waals surface area contributed by atoms with Crippen LogP contribution in [0.15, 0.2) is 16.7 Å². The number of rotatable bonds is 3. The van der Waals surface area contributed by atoms with Crippen molar-refractivity contribution in [1.29, 1.82) is 0 Å². The van der Waals surface area contributed by atoms with Crippen LogP contribution in [0, 0.1) is 0 Å². The molecule has 1 aromatic heterocycles. The first-order valence-electron chi connectivity index (χ1n) is 6.96. The minimum absolute atomic E-state index is 0.210. The summed E-state index contributed by atoms with van der Waals surface area (Å²) in [6.45, 7) is 11.4. The van der Waals surface area contributed by atoms with E-state index >= 15 is 0 Å². The first-order chi connectivity index (χ1) is 9.41. The lowest BCUT2D eigenvalue weighted by Crippen LogP contribution is -2.53. The molecule has 20 heavy (non-hydrogen) atoms. The van der Waals surface area contributed by atoms with Gasteiger partial charge in [0.25, 0.3) is 5.91 Å². The number of nitrogen functional groups attached to an aromatic ring is 1. The Hall–Kier alpha value is -1.37. The van der Waals surface area contributed by atoms with E-state index in [0.29, 0.717) is 17.9 Å². The van der Waals surface area contributed by atoms with Crippen molar-refractivity contribution in [2.75, 3.05) is 26.2 Å². The van der Waals surface area contributed by atoms with Crippen molar-refractivity contribution in [3.63, 3.8) is 0 Å². The molecular formula is C14H24N4O2. The van der Waals surface area contributed by atoms with Crippen LogP contribution in [0.25, 0.3) is 0 Å². The number of nitrogens with one attached hydrogen (secondary N) is 1. The second kappa shape index (κ2) is 5.95. The third-order valence-corrected chi connectivity index (χ3v) is 3.81. The van der Waals surface area contributed by atoms with E-state index in [2.05, 4.69) is 36.0 Å². The van der Waals surface area contributed by atoms with Crippen LogP contribution in [0.4, 0.5) is 0 Å². The van der Waals surface area contributed by atoms with Gasteiger partial charge in [-0.25, -0.2) is 5.84 Å². The molecule has 112 valence electrons. The van der Waals surface area contributed by atoms with Gasteiger partial charge in [0.1, 0.15) is 5.76 Å². The lowest BCUT2D eigenvalue weighted by molar-refractivity contribution is 0.0560. The fraction of sp³-hybridized carbons (Fsp3) is 0.643. The third kappa shape index (κ3) is 3.39. The molecule has 1 aromatic rings. The zero-order valence-corrected chi connectivity index (χ0v) is 12.5. The SMILES string of the molecule is CC(C)(C)N1CCN(Cc2occc2C(=O)NN)CC1. The quantitative estimate of drug-likeness (QED) is 0.487. The van der Waals surface area contributed by atoms with E-state index in [9.17, 15) is 4.79 Å². The van der Waals surface area contributed by atoms with Gasteiger partial charge in [-0.15, -0.1) is 0 Å². The van der Waals surface area contributed by atoms with Crippen molar-refractivity contribution in [2.24, 2.45) is 5.84 Å². The van der Waals surface area contributed by atoms with E-state index in [0.717, 1.165) is 26.2 Å². The van der Waals surface area contributed by atoms with Crippen molar-refractivity contribution < 1.29 is 9.21 Å². The van der Waals surface area contributed by atoms with E-state index < -0.39 is 0 Å². The van der Waals surface area contributed by atoms with E-state index in [1.165, 1.54) is 6.26 Å². The monoisotopic (exact) mass is 280 g/mol. The van der Waals surface area contributed by atoms with Crippen LogP contribution in [-0.2, 0) is 6.54 Å². The molecular weight excluding hydrogens is 256 g/mol. The largest absolute Gasteiger partial charge is 0.467 e. The van der Waals surface area contributed by atoms with Crippen molar-refractivity contribution in [3.05, 3.63) is 23.7 Å². The number of amides is 1. The fourth-order valence-corrected chi connectivity index (χ4v) is 2.52. The van der Waals surface area contributed by atoms with Gasteiger partial charge >= 0.3 is 0 Å². The summed E-state index contributed by atoms with van der Waals surface area (Å²) < 4.78 is 5.41. The summed E-state index contributed by atoms with van der Waals surface area (Å²) in [6.07, 6.45) is 1.53. The molecule has 1 fully saturated rings. The topological polar surface area (TPSA) is 74.7 Å². The lowest BCUT2D eigenvalue weighted by atomic mass is 10.0. The summed E-state index contributed by atoms with van der Waals surface area (Å²) in [5.41, 5.74) is 2.88. The Bertz CT molecular complexity index is 456. The molecule has 0 spiro atoms. The normalized spacial score (nSPS) is 18.2. The predicted octanol–water partition coefficient (Wildman–Crippen LogP) is 0.799. The summed E-state index contributed by atoms with van der Waals surface area (Å²) in [4.78, 5) is 16.4. The Labute approximate surface area is 119 Å². The Morgan fingerprint density at radius 1 is 1.35 bits per heavy atom. The molecule has 2 rings (SSSR count). The average molecular weight is 280 g/mol. The number of carbonyl (C=O) groups is 1. The molecule has 1 amide bonds. The molecule has 0 atom stereocenters. The average Bonchev–Trinajstić information content (AvgIpc) is 2.85. The maximum absolute atomic E-state index is 11.6. The van der Waals surface area contributed by atoms with Crippen molar-refractivity contribution in [2.45, 2.75) is 32.9 Å². The zero-order valence-electron chi connectivity index (χ0n) is 12.5. The van der Waals surface area contributed by atoms with E-state index in [1.807, 2.05) is 0 Å². The molecule has 0 radical (unpaired) electrons. The fourth-order valence-electron chi connectivity index (χ4n) is 2.52. The van der Waals surface area contributed by atoms with Gasteiger partial charge in [-0.05, 0) is 26.8 Å². The van der Waals surface area contributed by atoms with Crippen LogP contribution < -0.4 is 11.3 Å². The highest BCUT2D eigenvalue weighted by Crippen LogP contribution is 2.18. The van der Waals surface area contributed by atoms with Crippen molar-refractivity contribution >= 4 is 5.91 Å². The summed E-state index contributed by atoms with van der Waals surface area (Å²) >= 11 is 0. The van der Waals surface area contributed by atoms with Gasteiger partial charge in [0.2, 0.25) is 0 Å². The van der Waals surface area contributed by atoms with Gasteiger partial charge in [-0.3, -0.25) is 20.0 Å². The molecule has 6 heteroatoms. The standard InChI is InChI=1S/C14H24N4O2/c1-14(2,3)18-7-5-17(6-8-18)10-12-11(4-9-20-12)13(19)16-15/h4,9H,5-8,10,15H2,1-3H3,(H,16,19). The number of carbonyl (C=O) groups excluding carboxylic acids is 1. The molecule has 0 unspecified atom stereocenters. The molecule has 0 aromatic carbocycles. The first kappa shape index (κ1) is 15.0. The smallest absolute Gasteiger partial charge is 0.268 e. The Morgan fingerprint density at radius 2 is 2.00 bits per heavy atom. The Morgan fingerprint density at radius 3 is 2.55 bits per heavy atom. The molecule has 6 nitrogen and oxygen atoms in total.